The third-order valence-corrected chi connectivity index (χ3v) is 2.79. The molecule has 0 aliphatic carbocycles. The minimum absolute atomic E-state index is 0.0681. The van der Waals surface area contributed by atoms with Crippen LogP contribution < -0.4 is 9.64 Å². The van der Waals surface area contributed by atoms with E-state index in [0.29, 0.717) is 32.0 Å². The van der Waals surface area contributed by atoms with Crippen LogP contribution in [-0.4, -0.2) is 38.3 Å². The van der Waals surface area contributed by atoms with Crippen LogP contribution in [0.25, 0.3) is 0 Å². The van der Waals surface area contributed by atoms with E-state index >= 15 is 0 Å². The van der Waals surface area contributed by atoms with E-state index in [1.807, 2.05) is 4.90 Å². The summed E-state index contributed by atoms with van der Waals surface area (Å²) in [4.78, 5) is 11.9. The molecule has 0 unspecified atom stereocenters. The molecule has 0 spiro atoms. The first-order valence-corrected chi connectivity index (χ1v) is 5.48. The summed E-state index contributed by atoms with van der Waals surface area (Å²) in [5.41, 5.74) is -0.0623. The van der Waals surface area contributed by atoms with Gasteiger partial charge < -0.3 is 14.4 Å². The van der Waals surface area contributed by atoms with Gasteiger partial charge in [-0.2, -0.15) is 4.39 Å². The van der Waals surface area contributed by atoms with Crippen LogP contribution in [0.15, 0.2) is 12.1 Å². The lowest BCUT2D eigenvalue weighted by atomic mass is 10.2. The van der Waals surface area contributed by atoms with Crippen LogP contribution in [0.1, 0.15) is 0 Å². The fourth-order valence-electron chi connectivity index (χ4n) is 1.90. The maximum Gasteiger partial charge on any atom is 0.346 e. The van der Waals surface area contributed by atoms with Gasteiger partial charge in [-0.1, -0.05) is 0 Å². The number of rotatable bonds is 3. The van der Waals surface area contributed by atoms with Crippen LogP contribution in [0.4, 0.5) is 15.8 Å². The predicted molar refractivity (Wildman–Crippen MR) is 62.6 cm³/mol. The zero-order valence-corrected chi connectivity index (χ0v) is 9.89. The van der Waals surface area contributed by atoms with Gasteiger partial charge >= 0.3 is 5.69 Å². The summed E-state index contributed by atoms with van der Waals surface area (Å²) in [6, 6.07) is 2.64. The van der Waals surface area contributed by atoms with Crippen molar-refractivity contribution in [1.29, 1.82) is 0 Å². The Balaban J connectivity index is 2.38. The Kier molecular flexibility index (Phi) is 3.61. The molecular weight excluding hydrogens is 243 g/mol. The van der Waals surface area contributed by atoms with Crippen molar-refractivity contribution >= 4 is 11.4 Å². The summed E-state index contributed by atoms with van der Waals surface area (Å²) in [5, 5.41) is 10.7. The Morgan fingerprint density at radius 2 is 2.11 bits per heavy atom. The van der Waals surface area contributed by atoms with E-state index in [-0.39, 0.29) is 5.75 Å². The first-order valence-electron chi connectivity index (χ1n) is 5.48. The minimum Gasteiger partial charge on any atom is -0.490 e. The van der Waals surface area contributed by atoms with E-state index in [1.165, 1.54) is 13.2 Å². The fourth-order valence-corrected chi connectivity index (χ4v) is 1.90. The van der Waals surface area contributed by atoms with Gasteiger partial charge in [0.2, 0.25) is 11.6 Å². The Morgan fingerprint density at radius 1 is 1.44 bits per heavy atom. The van der Waals surface area contributed by atoms with E-state index in [9.17, 15) is 14.5 Å². The first kappa shape index (κ1) is 12.6. The molecule has 18 heavy (non-hydrogen) atoms. The zero-order chi connectivity index (χ0) is 13.1. The lowest BCUT2D eigenvalue weighted by molar-refractivity contribution is -0.388. The third-order valence-electron chi connectivity index (χ3n) is 2.79. The molecule has 0 radical (unpaired) electrons. The molecule has 1 aromatic carbocycles. The molecule has 0 saturated carbocycles. The number of nitro groups is 1. The average molecular weight is 256 g/mol. The van der Waals surface area contributed by atoms with Crippen LogP contribution in [0.2, 0.25) is 0 Å². The van der Waals surface area contributed by atoms with Crippen molar-refractivity contribution in [2.75, 3.05) is 38.3 Å². The largest absolute Gasteiger partial charge is 0.490 e. The van der Waals surface area contributed by atoms with Crippen molar-refractivity contribution in [1.82, 2.24) is 0 Å². The molecule has 1 aliphatic rings. The maximum atomic E-state index is 13.7. The van der Waals surface area contributed by atoms with E-state index in [4.69, 9.17) is 9.47 Å². The monoisotopic (exact) mass is 256 g/mol. The maximum absolute atomic E-state index is 13.7. The lowest BCUT2D eigenvalue weighted by Gasteiger charge is -2.29. The number of benzene rings is 1. The Bertz CT molecular complexity index is 461. The topological polar surface area (TPSA) is 64.8 Å². The number of nitrogens with zero attached hydrogens (tertiary/aromatic N) is 2. The van der Waals surface area contributed by atoms with E-state index in [0.717, 1.165) is 6.07 Å². The zero-order valence-electron chi connectivity index (χ0n) is 9.89. The van der Waals surface area contributed by atoms with Crippen molar-refractivity contribution in [2.24, 2.45) is 0 Å². The second-order valence-electron chi connectivity index (χ2n) is 3.83. The highest BCUT2D eigenvalue weighted by Gasteiger charge is 2.24. The fraction of sp³-hybridized carbons (Fsp3) is 0.455. The summed E-state index contributed by atoms with van der Waals surface area (Å²) in [5.74, 6) is -0.956. The van der Waals surface area contributed by atoms with Crippen molar-refractivity contribution in [3.63, 3.8) is 0 Å². The lowest BCUT2D eigenvalue weighted by Crippen LogP contribution is -2.36. The Hall–Kier alpha value is -1.89. The van der Waals surface area contributed by atoms with Gasteiger partial charge in [0.05, 0.1) is 25.2 Å². The molecule has 1 heterocycles. The SMILES string of the molecule is COc1cc(N2CCOCC2)cc(F)c1[N+](=O)[O-]. The molecule has 98 valence electrons. The van der Waals surface area contributed by atoms with Crippen molar-refractivity contribution in [3.05, 3.63) is 28.1 Å². The van der Waals surface area contributed by atoms with Crippen molar-refractivity contribution in [3.8, 4) is 5.75 Å². The number of ether oxygens (including phenoxy) is 2. The van der Waals surface area contributed by atoms with E-state index in [1.54, 1.807) is 0 Å². The van der Waals surface area contributed by atoms with Crippen LogP contribution in [-0.2, 0) is 4.74 Å². The van der Waals surface area contributed by atoms with Gasteiger partial charge in [-0.05, 0) is 0 Å². The normalized spacial score (nSPS) is 15.6. The van der Waals surface area contributed by atoms with Gasteiger partial charge in [0.25, 0.3) is 0 Å². The molecule has 1 fully saturated rings. The van der Waals surface area contributed by atoms with Crippen molar-refractivity contribution < 1.29 is 18.8 Å². The first-order chi connectivity index (χ1) is 8.63. The average Bonchev–Trinajstić information content (AvgIpc) is 2.38. The summed E-state index contributed by atoms with van der Waals surface area (Å²) in [7, 11) is 1.28. The highest BCUT2D eigenvalue weighted by Crippen LogP contribution is 2.34. The van der Waals surface area contributed by atoms with Gasteiger partial charge in [-0.25, -0.2) is 0 Å². The number of anilines is 1. The minimum atomic E-state index is -0.888. The van der Waals surface area contributed by atoms with Gasteiger partial charge in [-0.15, -0.1) is 0 Å². The number of nitro benzene ring substituents is 1. The van der Waals surface area contributed by atoms with Crippen LogP contribution in [0.3, 0.4) is 0 Å². The van der Waals surface area contributed by atoms with Crippen molar-refractivity contribution in [2.45, 2.75) is 0 Å². The molecular formula is C11H13FN2O4. The number of hydrogen-bond acceptors (Lipinski definition) is 5. The predicted octanol–water partition coefficient (Wildman–Crippen LogP) is 1.58. The quantitative estimate of drug-likeness (QED) is 0.606. The molecule has 1 aromatic rings. The second kappa shape index (κ2) is 5.18. The Labute approximate surface area is 103 Å². The molecule has 6 nitrogen and oxygen atoms in total. The smallest absolute Gasteiger partial charge is 0.346 e. The molecule has 1 saturated heterocycles. The highest BCUT2D eigenvalue weighted by atomic mass is 19.1. The number of morpholine rings is 1. The molecule has 0 atom stereocenters. The van der Waals surface area contributed by atoms with Gasteiger partial charge in [0.1, 0.15) is 0 Å². The Morgan fingerprint density at radius 3 is 2.67 bits per heavy atom. The van der Waals surface area contributed by atoms with Gasteiger partial charge in [0.15, 0.2) is 0 Å². The second-order valence-corrected chi connectivity index (χ2v) is 3.83. The van der Waals surface area contributed by atoms with E-state index < -0.39 is 16.4 Å². The molecule has 2 rings (SSSR count). The molecule has 0 amide bonds. The highest BCUT2D eigenvalue weighted by molar-refractivity contribution is 5.60. The van der Waals surface area contributed by atoms with Crippen LogP contribution in [0.5, 0.6) is 5.75 Å². The molecule has 0 aromatic heterocycles. The standard InChI is InChI=1S/C11H13FN2O4/c1-17-10-7-8(13-2-4-18-5-3-13)6-9(12)11(10)14(15)16/h6-7H,2-5H2,1H3. The molecule has 0 N–H and O–H groups in total. The van der Waals surface area contributed by atoms with Gasteiger partial charge in [0, 0.05) is 30.9 Å². The molecule has 0 bridgehead atoms. The number of halogens is 1. The third kappa shape index (κ3) is 2.35. The van der Waals surface area contributed by atoms with Crippen LogP contribution in [0, 0.1) is 15.9 Å². The molecule has 1 aliphatic heterocycles. The summed E-state index contributed by atoms with van der Waals surface area (Å²) >= 11 is 0. The summed E-state index contributed by atoms with van der Waals surface area (Å²) in [6.07, 6.45) is 0. The molecule has 7 heteroatoms. The summed E-state index contributed by atoms with van der Waals surface area (Å²) < 4.78 is 23.8. The van der Waals surface area contributed by atoms with E-state index in [2.05, 4.69) is 0 Å². The number of methoxy groups -OCH3 is 1. The number of hydrogen-bond donors (Lipinski definition) is 0. The van der Waals surface area contributed by atoms with Crippen LogP contribution >= 0.6 is 0 Å². The summed E-state index contributed by atoms with van der Waals surface area (Å²) in [6.45, 7) is 2.36. The van der Waals surface area contributed by atoms with Gasteiger partial charge in [-0.3, -0.25) is 10.1 Å².